The van der Waals surface area contributed by atoms with Gasteiger partial charge in [0.2, 0.25) is 0 Å². The summed E-state index contributed by atoms with van der Waals surface area (Å²) in [5, 5.41) is 10.5. The van der Waals surface area contributed by atoms with Crippen LogP contribution in [0.3, 0.4) is 0 Å². The molecule has 0 aliphatic rings. The van der Waals surface area contributed by atoms with E-state index in [9.17, 15) is 4.79 Å². The van der Waals surface area contributed by atoms with Crippen LogP contribution in [0.15, 0.2) is 18.2 Å². The predicted octanol–water partition coefficient (Wildman–Crippen LogP) is 3.14. The van der Waals surface area contributed by atoms with E-state index in [1.54, 1.807) is 6.92 Å². The quantitative estimate of drug-likeness (QED) is 0.628. The van der Waals surface area contributed by atoms with Crippen molar-refractivity contribution < 1.29 is 14.3 Å². The molecule has 0 spiro atoms. The summed E-state index contributed by atoms with van der Waals surface area (Å²) in [6, 6.07) is 5.79. The van der Waals surface area contributed by atoms with Gasteiger partial charge in [0.15, 0.2) is 5.69 Å². The fourth-order valence-corrected chi connectivity index (χ4v) is 2.04. The average Bonchev–Trinajstić information content (AvgIpc) is 2.98. The van der Waals surface area contributed by atoms with E-state index in [1.165, 1.54) is 0 Å². The van der Waals surface area contributed by atoms with Crippen molar-refractivity contribution in [2.75, 3.05) is 13.2 Å². The second-order valence-corrected chi connectivity index (χ2v) is 4.94. The van der Waals surface area contributed by atoms with Gasteiger partial charge >= 0.3 is 5.97 Å². The van der Waals surface area contributed by atoms with Crippen LogP contribution in [0.5, 0.6) is 5.75 Å². The first kappa shape index (κ1) is 16.0. The summed E-state index contributed by atoms with van der Waals surface area (Å²) in [5.74, 6) is 0.200. The molecular weight excluding hydrogens is 282 g/mol. The number of ether oxygens (including phenoxy) is 2. The summed E-state index contributed by atoms with van der Waals surface area (Å²) < 4.78 is 10.8. The number of rotatable bonds is 7. The van der Waals surface area contributed by atoms with Gasteiger partial charge in [-0.15, -0.1) is 5.10 Å². The van der Waals surface area contributed by atoms with E-state index in [-0.39, 0.29) is 5.69 Å². The van der Waals surface area contributed by atoms with Crippen molar-refractivity contribution in [3.05, 3.63) is 29.5 Å². The van der Waals surface area contributed by atoms with E-state index in [2.05, 4.69) is 22.3 Å². The standard InChI is InChI=1S/C16H21N3O3/c1-4-6-9-22-13-8-7-11(3)10-12(13)14-15(18-19-17-14)16(20)21-5-2/h7-8,10H,4-6,9H2,1-3H3,(H,17,18,19). The molecule has 22 heavy (non-hydrogen) atoms. The Hall–Kier alpha value is -2.37. The second kappa shape index (κ2) is 7.59. The predicted molar refractivity (Wildman–Crippen MR) is 82.9 cm³/mol. The summed E-state index contributed by atoms with van der Waals surface area (Å²) in [7, 11) is 0. The van der Waals surface area contributed by atoms with E-state index in [0.717, 1.165) is 24.0 Å². The zero-order valence-corrected chi connectivity index (χ0v) is 13.2. The highest BCUT2D eigenvalue weighted by molar-refractivity contribution is 5.94. The minimum Gasteiger partial charge on any atom is -0.493 e. The fourth-order valence-electron chi connectivity index (χ4n) is 2.04. The van der Waals surface area contributed by atoms with Crippen molar-refractivity contribution in [3.63, 3.8) is 0 Å². The minimum absolute atomic E-state index is 0.174. The SMILES string of the molecule is CCCCOc1ccc(C)cc1-c1n[nH]nc1C(=O)OCC. The average molecular weight is 303 g/mol. The first-order valence-electron chi connectivity index (χ1n) is 7.49. The molecule has 2 rings (SSSR count). The number of nitrogens with zero attached hydrogens (tertiary/aromatic N) is 2. The van der Waals surface area contributed by atoms with E-state index >= 15 is 0 Å². The van der Waals surface area contributed by atoms with Gasteiger partial charge in [-0.05, 0) is 32.4 Å². The Balaban J connectivity index is 2.37. The fraction of sp³-hybridized carbons (Fsp3) is 0.438. The first-order valence-corrected chi connectivity index (χ1v) is 7.49. The number of aromatic nitrogens is 3. The molecule has 0 aliphatic carbocycles. The normalized spacial score (nSPS) is 10.5. The number of aryl methyl sites for hydroxylation is 1. The maximum atomic E-state index is 12.0. The first-order chi connectivity index (χ1) is 10.7. The van der Waals surface area contributed by atoms with Gasteiger partial charge in [0.1, 0.15) is 11.4 Å². The van der Waals surface area contributed by atoms with Crippen LogP contribution in [0, 0.1) is 6.92 Å². The summed E-state index contributed by atoms with van der Waals surface area (Å²) >= 11 is 0. The largest absolute Gasteiger partial charge is 0.493 e. The second-order valence-electron chi connectivity index (χ2n) is 4.94. The molecule has 1 aromatic carbocycles. The maximum absolute atomic E-state index is 12.0. The van der Waals surface area contributed by atoms with Gasteiger partial charge in [-0.1, -0.05) is 25.0 Å². The number of H-pyrrole nitrogens is 1. The number of carbonyl (C=O) groups excluding carboxylic acids is 1. The molecular formula is C16H21N3O3. The zero-order chi connectivity index (χ0) is 15.9. The number of nitrogens with one attached hydrogen (secondary N) is 1. The van der Waals surface area contributed by atoms with Gasteiger partial charge in [0.25, 0.3) is 0 Å². The monoisotopic (exact) mass is 303 g/mol. The number of unbranched alkanes of at least 4 members (excludes halogenated alkanes) is 1. The van der Waals surface area contributed by atoms with Gasteiger partial charge in [-0.2, -0.15) is 10.3 Å². The highest BCUT2D eigenvalue weighted by Crippen LogP contribution is 2.31. The third-order valence-corrected chi connectivity index (χ3v) is 3.16. The summed E-state index contributed by atoms with van der Waals surface area (Å²) in [4.78, 5) is 12.0. The van der Waals surface area contributed by atoms with Crippen LogP contribution in [0.4, 0.5) is 0 Å². The Bertz CT molecular complexity index is 637. The third kappa shape index (κ3) is 3.63. The van der Waals surface area contributed by atoms with Crippen molar-refractivity contribution in [1.29, 1.82) is 0 Å². The van der Waals surface area contributed by atoms with E-state index in [1.807, 2.05) is 25.1 Å². The van der Waals surface area contributed by atoms with E-state index in [4.69, 9.17) is 9.47 Å². The maximum Gasteiger partial charge on any atom is 0.361 e. The molecule has 0 unspecified atom stereocenters. The smallest absolute Gasteiger partial charge is 0.361 e. The number of hydrogen-bond acceptors (Lipinski definition) is 5. The lowest BCUT2D eigenvalue weighted by atomic mass is 10.1. The lowest BCUT2D eigenvalue weighted by Crippen LogP contribution is -2.07. The van der Waals surface area contributed by atoms with Crippen LogP contribution < -0.4 is 4.74 Å². The molecule has 0 radical (unpaired) electrons. The van der Waals surface area contributed by atoms with Gasteiger partial charge in [-0.3, -0.25) is 0 Å². The molecule has 0 fully saturated rings. The lowest BCUT2D eigenvalue weighted by molar-refractivity contribution is 0.0520. The molecule has 118 valence electrons. The van der Waals surface area contributed by atoms with Gasteiger partial charge in [-0.25, -0.2) is 4.79 Å². The van der Waals surface area contributed by atoms with Crippen LogP contribution in [0.2, 0.25) is 0 Å². The highest BCUT2D eigenvalue weighted by atomic mass is 16.5. The lowest BCUT2D eigenvalue weighted by Gasteiger charge is -2.11. The Morgan fingerprint density at radius 1 is 1.27 bits per heavy atom. The molecule has 1 aromatic heterocycles. The Morgan fingerprint density at radius 2 is 2.09 bits per heavy atom. The van der Waals surface area contributed by atoms with Crippen LogP contribution in [0.25, 0.3) is 11.3 Å². The van der Waals surface area contributed by atoms with Crippen molar-refractivity contribution in [2.45, 2.75) is 33.6 Å². The van der Waals surface area contributed by atoms with Crippen LogP contribution in [0.1, 0.15) is 42.7 Å². The van der Waals surface area contributed by atoms with Gasteiger partial charge in [0, 0.05) is 5.56 Å². The van der Waals surface area contributed by atoms with Crippen LogP contribution in [-0.2, 0) is 4.74 Å². The van der Waals surface area contributed by atoms with Crippen LogP contribution in [-0.4, -0.2) is 34.6 Å². The molecule has 0 atom stereocenters. The number of aromatic amines is 1. The molecule has 0 saturated heterocycles. The van der Waals surface area contributed by atoms with Gasteiger partial charge in [0.05, 0.1) is 13.2 Å². The number of benzene rings is 1. The minimum atomic E-state index is -0.493. The number of hydrogen-bond donors (Lipinski definition) is 1. The summed E-state index contributed by atoms with van der Waals surface area (Å²) in [6.45, 7) is 6.75. The molecule has 0 amide bonds. The molecule has 6 heteroatoms. The molecule has 0 saturated carbocycles. The van der Waals surface area contributed by atoms with Crippen LogP contribution >= 0.6 is 0 Å². The van der Waals surface area contributed by atoms with Gasteiger partial charge < -0.3 is 9.47 Å². The number of carbonyl (C=O) groups is 1. The van der Waals surface area contributed by atoms with Crippen molar-refractivity contribution in [3.8, 4) is 17.0 Å². The van der Waals surface area contributed by atoms with Crippen molar-refractivity contribution >= 4 is 5.97 Å². The van der Waals surface area contributed by atoms with E-state index in [0.29, 0.717) is 24.7 Å². The molecule has 6 nitrogen and oxygen atoms in total. The topological polar surface area (TPSA) is 77.1 Å². The molecule has 1 heterocycles. The summed E-state index contributed by atoms with van der Waals surface area (Å²) in [6.07, 6.45) is 2.02. The highest BCUT2D eigenvalue weighted by Gasteiger charge is 2.21. The Morgan fingerprint density at radius 3 is 2.82 bits per heavy atom. The Kier molecular flexibility index (Phi) is 5.52. The van der Waals surface area contributed by atoms with Crippen molar-refractivity contribution in [2.24, 2.45) is 0 Å². The number of esters is 1. The van der Waals surface area contributed by atoms with Crippen molar-refractivity contribution in [1.82, 2.24) is 15.4 Å². The zero-order valence-electron chi connectivity index (χ0n) is 13.2. The Labute approximate surface area is 129 Å². The molecule has 0 bridgehead atoms. The molecule has 2 aromatic rings. The van der Waals surface area contributed by atoms with E-state index < -0.39 is 5.97 Å². The molecule has 1 N–H and O–H groups in total. The molecule has 0 aliphatic heterocycles. The summed E-state index contributed by atoms with van der Waals surface area (Å²) in [5.41, 5.74) is 2.42. The third-order valence-electron chi connectivity index (χ3n) is 3.16.